The van der Waals surface area contributed by atoms with Crippen molar-refractivity contribution in [1.29, 1.82) is 0 Å². The van der Waals surface area contributed by atoms with E-state index >= 15 is 0 Å². The zero-order chi connectivity index (χ0) is 19.6. The first-order valence-electron chi connectivity index (χ1n) is 7.77. The molecule has 0 aliphatic carbocycles. The SMILES string of the molecule is COC(=O)[C@H](N)[C@H](O[Si](C)(C)C(C)(C)C)c1ccc(F)c([N+](=O)[O-])c1. The molecule has 0 fully saturated rings. The van der Waals surface area contributed by atoms with Crippen LogP contribution in [0.25, 0.3) is 0 Å². The first kappa shape index (κ1) is 21.2. The summed E-state index contributed by atoms with van der Waals surface area (Å²) in [6.07, 6.45) is -0.979. The van der Waals surface area contributed by atoms with Gasteiger partial charge in [0.1, 0.15) is 6.04 Å². The third kappa shape index (κ3) is 4.83. The van der Waals surface area contributed by atoms with Crippen LogP contribution in [-0.4, -0.2) is 32.4 Å². The van der Waals surface area contributed by atoms with Crippen LogP contribution in [0.1, 0.15) is 32.4 Å². The second-order valence-corrected chi connectivity index (χ2v) is 12.1. The topological polar surface area (TPSA) is 105 Å². The van der Waals surface area contributed by atoms with Crippen molar-refractivity contribution in [3.8, 4) is 0 Å². The average molecular weight is 372 g/mol. The maximum absolute atomic E-state index is 13.6. The van der Waals surface area contributed by atoms with Crippen LogP contribution in [0, 0.1) is 15.9 Å². The van der Waals surface area contributed by atoms with Crippen molar-refractivity contribution in [3.05, 3.63) is 39.7 Å². The van der Waals surface area contributed by atoms with Gasteiger partial charge in [-0.05, 0) is 29.8 Å². The minimum Gasteiger partial charge on any atom is -0.468 e. The van der Waals surface area contributed by atoms with Gasteiger partial charge in [0.2, 0.25) is 5.82 Å². The van der Waals surface area contributed by atoms with Gasteiger partial charge in [0.25, 0.3) is 0 Å². The molecule has 9 heteroatoms. The molecule has 0 aliphatic heterocycles. The molecule has 140 valence electrons. The second-order valence-electron chi connectivity index (χ2n) is 7.32. The molecular formula is C16H25FN2O5Si. The van der Waals surface area contributed by atoms with Crippen molar-refractivity contribution in [2.75, 3.05) is 7.11 Å². The van der Waals surface area contributed by atoms with Crippen LogP contribution in [0.4, 0.5) is 10.1 Å². The number of benzene rings is 1. The highest BCUT2D eigenvalue weighted by Crippen LogP contribution is 2.41. The van der Waals surface area contributed by atoms with E-state index in [-0.39, 0.29) is 10.6 Å². The lowest BCUT2D eigenvalue weighted by molar-refractivity contribution is -0.387. The van der Waals surface area contributed by atoms with E-state index in [0.717, 1.165) is 12.1 Å². The Hall–Kier alpha value is -1.84. The number of halogens is 1. The largest absolute Gasteiger partial charge is 0.468 e. The number of nitrogens with zero attached hydrogens (tertiary/aromatic N) is 1. The van der Waals surface area contributed by atoms with E-state index in [4.69, 9.17) is 10.2 Å². The summed E-state index contributed by atoms with van der Waals surface area (Å²) in [4.78, 5) is 22.1. The van der Waals surface area contributed by atoms with Crippen molar-refractivity contribution in [2.45, 2.75) is 51.0 Å². The Morgan fingerprint density at radius 2 is 1.92 bits per heavy atom. The number of esters is 1. The molecule has 0 aliphatic rings. The van der Waals surface area contributed by atoms with Crippen molar-refractivity contribution >= 4 is 20.0 Å². The Morgan fingerprint density at radius 1 is 1.36 bits per heavy atom. The first-order chi connectivity index (χ1) is 11.3. The molecule has 0 unspecified atom stereocenters. The number of nitrogens with two attached hydrogens (primary N) is 1. The van der Waals surface area contributed by atoms with E-state index in [2.05, 4.69) is 4.74 Å². The van der Waals surface area contributed by atoms with Gasteiger partial charge < -0.3 is 14.9 Å². The Morgan fingerprint density at radius 3 is 2.36 bits per heavy atom. The molecule has 0 saturated carbocycles. The van der Waals surface area contributed by atoms with Crippen LogP contribution < -0.4 is 5.73 Å². The number of ether oxygens (including phenoxy) is 1. The van der Waals surface area contributed by atoms with Gasteiger partial charge in [-0.2, -0.15) is 4.39 Å². The van der Waals surface area contributed by atoms with Crippen molar-refractivity contribution in [1.82, 2.24) is 0 Å². The summed E-state index contributed by atoms with van der Waals surface area (Å²) in [6.45, 7) is 9.94. The van der Waals surface area contributed by atoms with Gasteiger partial charge in [0.05, 0.1) is 18.1 Å². The maximum atomic E-state index is 13.6. The number of methoxy groups -OCH3 is 1. The molecule has 0 heterocycles. The van der Waals surface area contributed by atoms with Crippen LogP contribution in [0.15, 0.2) is 18.2 Å². The van der Waals surface area contributed by atoms with Crippen LogP contribution in [0.2, 0.25) is 18.1 Å². The fourth-order valence-corrected chi connectivity index (χ4v) is 3.22. The lowest BCUT2D eigenvalue weighted by Crippen LogP contribution is -2.48. The molecule has 0 radical (unpaired) electrons. The Balaban J connectivity index is 3.40. The number of nitro groups is 1. The van der Waals surface area contributed by atoms with Gasteiger partial charge >= 0.3 is 11.7 Å². The predicted octanol–water partition coefficient (Wildman–Crippen LogP) is 3.30. The number of carbonyl (C=O) groups is 1. The highest BCUT2D eigenvalue weighted by atomic mass is 28.4. The summed E-state index contributed by atoms with van der Waals surface area (Å²) in [5.74, 6) is -1.68. The molecule has 1 aromatic rings. The summed E-state index contributed by atoms with van der Waals surface area (Å²) < 4.78 is 24.5. The van der Waals surface area contributed by atoms with Crippen molar-refractivity contribution in [2.24, 2.45) is 5.73 Å². The zero-order valence-electron chi connectivity index (χ0n) is 15.3. The highest BCUT2D eigenvalue weighted by molar-refractivity contribution is 6.74. The summed E-state index contributed by atoms with van der Waals surface area (Å²) in [7, 11) is -1.19. The van der Waals surface area contributed by atoms with E-state index in [1.165, 1.54) is 13.2 Å². The summed E-state index contributed by atoms with van der Waals surface area (Å²) >= 11 is 0. The van der Waals surface area contributed by atoms with Gasteiger partial charge in [0.15, 0.2) is 8.32 Å². The van der Waals surface area contributed by atoms with Gasteiger partial charge in [-0.15, -0.1) is 0 Å². The fraction of sp³-hybridized carbons (Fsp3) is 0.562. The predicted molar refractivity (Wildman–Crippen MR) is 94.1 cm³/mol. The molecule has 25 heavy (non-hydrogen) atoms. The molecule has 0 amide bonds. The van der Waals surface area contributed by atoms with Crippen LogP contribution in [0.3, 0.4) is 0 Å². The molecule has 0 bridgehead atoms. The minimum atomic E-state index is -2.38. The summed E-state index contributed by atoms with van der Waals surface area (Å²) in [5, 5.41) is 10.8. The summed E-state index contributed by atoms with van der Waals surface area (Å²) in [6, 6.07) is 2.17. The van der Waals surface area contributed by atoms with E-state index in [9.17, 15) is 19.3 Å². The first-order valence-corrected chi connectivity index (χ1v) is 10.7. The standard InChI is InChI=1S/C16H25FN2O5Si/c1-16(2,3)25(5,6)24-14(13(18)15(20)23-4)10-7-8-11(17)12(9-10)19(21)22/h7-9,13-14H,18H2,1-6H3/t13-,14-/m1/s1. The lowest BCUT2D eigenvalue weighted by Gasteiger charge is -2.40. The number of nitro benzene ring substituents is 1. The quantitative estimate of drug-likeness (QED) is 0.355. The van der Waals surface area contributed by atoms with Crippen molar-refractivity contribution in [3.63, 3.8) is 0 Å². The number of rotatable bonds is 6. The number of hydrogen-bond donors (Lipinski definition) is 1. The van der Waals surface area contributed by atoms with Crippen LogP contribution in [0.5, 0.6) is 0 Å². The normalized spacial score (nSPS) is 14.7. The maximum Gasteiger partial charge on any atom is 0.325 e. The van der Waals surface area contributed by atoms with Gasteiger partial charge in [0, 0.05) is 6.07 Å². The molecule has 7 nitrogen and oxygen atoms in total. The van der Waals surface area contributed by atoms with Crippen LogP contribution in [-0.2, 0) is 14.0 Å². The third-order valence-electron chi connectivity index (χ3n) is 4.52. The van der Waals surface area contributed by atoms with Gasteiger partial charge in [-0.3, -0.25) is 14.9 Å². The molecule has 2 N–H and O–H groups in total. The number of carbonyl (C=O) groups excluding carboxylic acids is 1. The second kappa shape index (κ2) is 7.59. The molecule has 1 rings (SSSR count). The van der Waals surface area contributed by atoms with Crippen LogP contribution >= 0.6 is 0 Å². The van der Waals surface area contributed by atoms with Gasteiger partial charge in [-0.1, -0.05) is 26.8 Å². The monoisotopic (exact) mass is 372 g/mol. The molecule has 1 aromatic carbocycles. The third-order valence-corrected chi connectivity index (χ3v) is 8.98. The molecular weight excluding hydrogens is 347 g/mol. The smallest absolute Gasteiger partial charge is 0.325 e. The Kier molecular flexibility index (Phi) is 6.43. The fourth-order valence-electron chi connectivity index (χ4n) is 1.95. The molecule has 2 atom stereocenters. The van der Waals surface area contributed by atoms with Crippen molar-refractivity contribution < 1.29 is 23.3 Å². The summed E-state index contributed by atoms with van der Waals surface area (Å²) in [5.41, 5.74) is 5.54. The lowest BCUT2D eigenvalue weighted by atomic mass is 10.0. The highest BCUT2D eigenvalue weighted by Gasteiger charge is 2.42. The molecule has 0 spiro atoms. The Labute approximate surface area is 147 Å². The molecule has 0 saturated heterocycles. The van der Waals surface area contributed by atoms with E-state index in [0.29, 0.717) is 0 Å². The van der Waals surface area contributed by atoms with E-state index in [1.54, 1.807) is 0 Å². The van der Waals surface area contributed by atoms with E-state index in [1.807, 2.05) is 33.9 Å². The minimum absolute atomic E-state index is 0.187. The molecule has 0 aromatic heterocycles. The Bertz CT molecular complexity index is 660. The van der Waals surface area contributed by atoms with Gasteiger partial charge in [-0.25, -0.2) is 0 Å². The average Bonchev–Trinajstić information content (AvgIpc) is 2.50. The van der Waals surface area contributed by atoms with E-state index < -0.39 is 42.9 Å². The number of hydrogen-bond acceptors (Lipinski definition) is 6. The zero-order valence-corrected chi connectivity index (χ0v) is 16.3.